The van der Waals surface area contributed by atoms with Gasteiger partial charge in [0.25, 0.3) is 0 Å². The summed E-state index contributed by atoms with van der Waals surface area (Å²) in [6.07, 6.45) is 4.38. The highest BCUT2D eigenvalue weighted by molar-refractivity contribution is 5.82. The highest BCUT2D eigenvalue weighted by Gasteiger charge is 2.19. The summed E-state index contributed by atoms with van der Waals surface area (Å²) >= 11 is 0. The summed E-state index contributed by atoms with van der Waals surface area (Å²) in [5, 5.41) is 4.34. The van der Waals surface area contributed by atoms with Crippen LogP contribution in [0.1, 0.15) is 35.4 Å². The highest BCUT2D eigenvalue weighted by Crippen LogP contribution is 2.31. The quantitative estimate of drug-likeness (QED) is 0.520. The molecule has 0 aliphatic heterocycles. The molecule has 5 nitrogen and oxygen atoms in total. The monoisotopic (exact) mass is 381 g/mol. The highest BCUT2D eigenvalue weighted by atomic mass is 15.2. The Hall–Kier alpha value is -3.34. The number of aromatic nitrogens is 4. The Labute approximate surface area is 170 Å². The molecule has 1 aliphatic carbocycles. The van der Waals surface area contributed by atoms with Gasteiger partial charge in [0, 0.05) is 22.2 Å². The molecule has 0 spiro atoms. The van der Waals surface area contributed by atoms with E-state index in [1.807, 2.05) is 19.1 Å². The molecule has 0 unspecified atom stereocenters. The van der Waals surface area contributed by atoms with Gasteiger partial charge in [-0.25, -0.2) is 19.9 Å². The van der Waals surface area contributed by atoms with Crippen molar-refractivity contribution in [1.82, 2.24) is 19.9 Å². The number of hydrogen-bond donors (Lipinski definition) is 1. The van der Waals surface area contributed by atoms with Crippen LogP contribution in [0.5, 0.6) is 0 Å². The van der Waals surface area contributed by atoms with Crippen molar-refractivity contribution >= 4 is 22.8 Å². The fourth-order valence-electron chi connectivity index (χ4n) is 4.04. The lowest BCUT2D eigenvalue weighted by Gasteiger charge is -2.19. The van der Waals surface area contributed by atoms with Gasteiger partial charge < -0.3 is 0 Å². The predicted octanol–water partition coefficient (Wildman–Crippen LogP) is 5.33. The first kappa shape index (κ1) is 17.7. The number of fused-ring (bicyclic) bond motifs is 2. The van der Waals surface area contributed by atoms with Gasteiger partial charge in [0.05, 0.1) is 16.9 Å². The molecule has 144 valence electrons. The average Bonchev–Trinajstić information content (AvgIpc) is 2.74. The average molecular weight is 381 g/mol. The molecule has 0 saturated carbocycles. The fraction of sp³-hybridized carbons (Fsp3) is 0.250. The van der Waals surface area contributed by atoms with Gasteiger partial charge in [-0.05, 0) is 51.7 Å². The van der Waals surface area contributed by atoms with Crippen LogP contribution in [0.2, 0.25) is 0 Å². The van der Waals surface area contributed by atoms with E-state index in [9.17, 15) is 0 Å². The van der Waals surface area contributed by atoms with E-state index in [1.165, 1.54) is 24.0 Å². The molecule has 2 heterocycles. The second-order valence-corrected chi connectivity index (χ2v) is 7.67. The zero-order chi connectivity index (χ0) is 19.8. The van der Waals surface area contributed by atoms with E-state index in [-0.39, 0.29) is 0 Å². The number of anilines is 2. The number of nitrogens with zero attached hydrogens (tertiary/aromatic N) is 4. The maximum Gasteiger partial charge on any atom is 0.230 e. The van der Waals surface area contributed by atoms with Gasteiger partial charge in [-0.1, -0.05) is 42.0 Å². The minimum Gasteiger partial charge on any atom is -0.293 e. The SMILES string of the molecule is Cc1ccc2nc(Nc3nc4c(c(-c5ccccc5)n3)CCCC4)nc(C)c2c1. The van der Waals surface area contributed by atoms with Gasteiger partial charge in [-0.2, -0.15) is 0 Å². The van der Waals surface area contributed by atoms with E-state index in [1.54, 1.807) is 0 Å². The van der Waals surface area contributed by atoms with Crippen molar-refractivity contribution in [1.29, 1.82) is 0 Å². The van der Waals surface area contributed by atoms with Crippen molar-refractivity contribution in [3.05, 3.63) is 71.0 Å². The lowest BCUT2D eigenvalue weighted by molar-refractivity contribution is 0.665. The third-order valence-electron chi connectivity index (χ3n) is 5.50. The lowest BCUT2D eigenvalue weighted by atomic mass is 9.92. The molecule has 2 aromatic heterocycles. The third-order valence-corrected chi connectivity index (χ3v) is 5.50. The fourth-order valence-corrected chi connectivity index (χ4v) is 4.04. The zero-order valence-corrected chi connectivity index (χ0v) is 16.7. The van der Waals surface area contributed by atoms with E-state index in [0.717, 1.165) is 46.4 Å². The Morgan fingerprint density at radius 1 is 0.793 bits per heavy atom. The van der Waals surface area contributed by atoms with Crippen LogP contribution in [-0.2, 0) is 12.8 Å². The normalized spacial score (nSPS) is 13.3. The first-order chi connectivity index (χ1) is 14.2. The van der Waals surface area contributed by atoms with E-state index < -0.39 is 0 Å². The van der Waals surface area contributed by atoms with Crippen molar-refractivity contribution in [2.45, 2.75) is 39.5 Å². The van der Waals surface area contributed by atoms with Crippen molar-refractivity contribution in [2.24, 2.45) is 0 Å². The van der Waals surface area contributed by atoms with Crippen LogP contribution in [-0.4, -0.2) is 19.9 Å². The second-order valence-electron chi connectivity index (χ2n) is 7.67. The minimum atomic E-state index is 0.536. The Bertz CT molecular complexity index is 1200. The van der Waals surface area contributed by atoms with E-state index in [4.69, 9.17) is 9.97 Å². The lowest BCUT2D eigenvalue weighted by Crippen LogP contribution is -2.12. The molecule has 0 bridgehead atoms. The van der Waals surface area contributed by atoms with Crippen LogP contribution in [0.3, 0.4) is 0 Å². The molecule has 0 fully saturated rings. The minimum absolute atomic E-state index is 0.536. The molecular weight excluding hydrogens is 358 g/mol. The number of hydrogen-bond acceptors (Lipinski definition) is 5. The van der Waals surface area contributed by atoms with E-state index in [2.05, 4.69) is 58.6 Å². The number of aryl methyl sites for hydroxylation is 3. The molecule has 1 N–H and O–H groups in total. The van der Waals surface area contributed by atoms with E-state index >= 15 is 0 Å². The maximum atomic E-state index is 4.87. The zero-order valence-electron chi connectivity index (χ0n) is 16.7. The smallest absolute Gasteiger partial charge is 0.230 e. The topological polar surface area (TPSA) is 63.6 Å². The van der Waals surface area contributed by atoms with Gasteiger partial charge in [0.1, 0.15) is 0 Å². The number of rotatable bonds is 3. The van der Waals surface area contributed by atoms with Crippen LogP contribution >= 0.6 is 0 Å². The molecule has 0 amide bonds. The molecule has 29 heavy (non-hydrogen) atoms. The van der Waals surface area contributed by atoms with Crippen LogP contribution in [0.4, 0.5) is 11.9 Å². The molecule has 5 rings (SSSR count). The third kappa shape index (κ3) is 3.44. The maximum absolute atomic E-state index is 4.87. The largest absolute Gasteiger partial charge is 0.293 e. The van der Waals surface area contributed by atoms with Crippen LogP contribution in [0.25, 0.3) is 22.2 Å². The van der Waals surface area contributed by atoms with Gasteiger partial charge in [-0.15, -0.1) is 0 Å². The summed E-state index contributed by atoms with van der Waals surface area (Å²) in [6, 6.07) is 16.6. The molecule has 0 saturated heterocycles. The van der Waals surface area contributed by atoms with Crippen molar-refractivity contribution in [2.75, 3.05) is 5.32 Å². The van der Waals surface area contributed by atoms with Crippen molar-refractivity contribution < 1.29 is 0 Å². The molecule has 1 aliphatic rings. The predicted molar refractivity (Wildman–Crippen MR) is 116 cm³/mol. The number of nitrogens with one attached hydrogen (secondary N) is 1. The summed E-state index contributed by atoms with van der Waals surface area (Å²) in [5.74, 6) is 1.10. The summed E-state index contributed by atoms with van der Waals surface area (Å²) in [6.45, 7) is 4.09. The van der Waals surface area contributed by atoms with Gasteiger partial charge in [0.15, 0.2) is 0 Å². The first-order valence-electron chi connectivity index (χ1n) is 10.1. The van der Waals surface area contributed by atoms with Gasteiger partial charge in [0.2, 0.25) is 11.9 Å². The molecule has 0 atom stereocenters. The molecule has 4 aromatic rings. The molecule has 5 heteroatoms. The van der Waals surface area contributed by atoms with E-state index in [0.29, 0.717) is 11.9 Å². The molecule has 2 aromatic carbocycles. The van der Waals surface area contributed by atoms with Gasteiger partial charge >= 0.3 is 0 Å². The molecular formula is C24H23N5. The van der Waals surface area contributed by atoms with Gasteiger partial charge in [-0.3, -0.25) is 5.32 Å². The Morgan fingerprint density at radius 3 is 2.45 bits per heavy atom. The first-order valence-corrected chi connectivity index (χ1v) is 10.1. The summed E-state index contributed by atoms with van der Waals surface area (Å²) < 4.78 is 0. The Balaban J connectivity index is 1.58. The summed E-state index contributed by atoms with van der Waals surface area (Å²) in [5.41, 5.74) is 7.64. The molecule has 0 radical (unpaired) electrons. The van der Waals surface area contributed by atoms with Crippen LogP contribution in [0.15, 0.2) is 48.5 Å². The Morgan fingerprint density at radius 2 is 1.59 bits per heavy atom. The summed E-state index contributed by atoms with van der Waals surface area (Å²) in [7, 11) is 0. The van der Waals surface area contributed by atoms with Crippen LogP contribution in [0, 0.1) is 13.8 Å². The van der Waals surface area contributed by atoms with Crippen LogP contribution < -0.4 is 5.32 Å². The van der Waals surface area contributed by atoms with Crippen molar-refractivity contribution in [3.63, 3.8) is 0 Å². The standard InChI is InChI=1S/C24H23N5/c1-15-12-13-21-19(14-15)16(2)25-23(27-21)29-24-26-20-11-7-6-10-18(20)22(28-24)17-8-4-3-5-9-17/h3-5,8-9,12-14H,6-7,10-11H2,1-2H3,(H,25,26,27,28,29). The Kier molecular flexibility index (Phi) is 4.43. The number of benzene rings is 2. The summed E-state index contributed by atoms with van der Waals surface area (Å²) in [4.78, 5) is 19.0. The second kappa shape index (κ2) is 7.24. The van der Waals surface area contributed by atoms with Crippen molar-refractivity contribution in [3.8, 4) is 11.3 Å².